The van der Waals surface area contributed by atoms with Crippen molar-refractivity contribution in [1.82, 2.24) is 15.3 Å². The number of rotatable bonds is 4. The van der Waals surface area contributed by atoms with Gasteiger partial charge in [-0.05, 0) is 38.2 Å². The van der Waals surface area contributed by atoms with Crippen LogP contribution in [0, 0.1) is 12.8 Å². The summed E-state index contributed by atoms with van der Waals surface area (Å²) in [6, 6.07) is -0.799. The lowest BCUT2D eigenvalue weighted by Gasteiger charge is -2.35. The van der Waals surface area contributed by atoms with Gasteiger partial charge >= 0.3 is 0 Å². The normalized spacial score (nSPS) is 23.2. The van der Waals surface area contributed by atoms with Crippen LogP contribution < -0.4 is 10.2 Å². The predicted molar refractivity (Wildman–Crippen MR) is 83.2 cm³/mol. The van der Waals surface area contributed by atoms with Gasteiger partial charge in [0.05, 0.1) is 11.7 Å². The van der Waals surface area contributed by atoms with Gasteiger partial charge in [0.1, 0.15) is 12.1 Å². The Morgan fingerprint density at radius 1 is 1.41 bits per heavy atom. The summed E-state index contributed by atoms with van der Waals surface area (Å²) in [6.45, 7) is 5.52. The molecule has 2 aliphatic rings. The highest BCUT2D eigenvalue weighted by molar-refractivity contribution is 5.78. The van der Waals surface area contributed by atoms with Crippen LogP contribution in [-0.4, -0.2) is 42.1 Å². The molecule has 0 aromatic carbocycles. The van der Waals surface area contributed by atoms with E-state index < -0.39 is 12.5 Å². The number of nitrogens with zero attached hydrogens (tertiary/aromatic N) is 3. The number of allylic oxidation sites excluding steroid dienone is 2. The summed E-state index contributed by atoms with van der Waals surface area (Å²) in [5.74, 6) is 1.38. The van der Waals surface area contributed by atoms with E-state index in [9.17, 15) is 8.78 Å². The Labute approximate surface area is 129 Å². The first kappa shape index (κ1) is 15.3. The first-order chi connectivity index (χ1) is 10.6. The predicted octanol–water partition coefficient (Wildman–Crippen LogP) is 2.64. The van der Waals surface area contributed by atoms with Crippen LogP contribution in [0.2, 0.25) is 0 Å². The van der Waals surface area contributed by atoms with Gasteiger partial charge in [-0.15, -0.1) is 0 Å². The lowest BCUT2D eigenvalue weighted by atomic mass is 9.99. The number of halogens is 2. The fourth-order valence-corrected chi connectivity index (χ4v) is 3.16. The largest absolute Gasteiger partial charge is 0.353 e. The zero-order chi connectivity index (χ0) is 15.7. The van der Waals surface area contributed by atoms with Crippen molar-refractivity contribution in [3.8, 4) is 0 Å². The molecular weight excluding hydrogens is 286 g/mol. The molecule has 1 aromatic heterocycles. The van der Waals surface area contributed by atoms with Crippen molar-refractivity contribution in [3.63, 3.8) is 0 Å². The quantitative estimate of drug-likeness (QED) is 0.928. The van der Waals surface area contributed by atoms with E-state index in [4.69, 9.17) is 0 Å². The standard InChI is InChI=1S/C16H22F2N4/c1-3-12(11-4-5-11)14-10(2)20-9-21-16(14)22-7-6-19-13(8-22)15(17)18/h3,9,11,13,15,19H,4-8H2,1-2H3/b12-3-. The Morgan fingerprint density at radius 3 is 2.82 bits per heavy atom. The summed E-state index contributed by atoms with van der Waals surface area (Å²) >= 11 is 0. The van der Waals surface area contributed by atoms with Gasteiger partial charge in [-0.25, -0.2) is 18.7 Å². The summed E-state index contributed by atoms with van der Waals surface area (Å²) in [5.41, 5.74) is 3.24. The molecule has 1 aliphatic carbocycles. The molecule has 2 fully saturated rings. The monoisotopic (exact) mass is 308 g/mol. The van der Waals surface area contributed by atoms with Gasteiger partial charge in [0.15, 0.2) is 0 Å². The molecule has 2 heterocycles. The number of hydrogen-bond acceptors (Lipinski definition) is 4. The molecule has 0 bridgehead atoms. The topological polar surface area (TPSA) is 41.1 Å². The van der Waals surface area contributed by atoms with Crippen LogP contribution in [0.25, 0.3) is 5.57 Å². The minimum absolute atomic E-state index is 0.281. The van der Waals surface area contributed by atoms with Crippen LogP contribution in [0.4, 0.5) is 14.6 Å². The number of alkyl halides is 2. The first-order valence-electron chi connectivity index (χ1n) is 7.86. The number of nitrogens with one attached hydrogen (secondary N) is 1. The van der Waals surface area contributed by atoms with Gasteiger partial charge in [-0.2, -0.15) is 0 Å². The molecule has 4 nitrogen and oxygen atoms in total. The van der Waals surface area contributed by atoms with Crippen LogP contribution >= 0.6 is 0 Å². The number of aryl methyl sites for hydroxylation is 1. The maximum Gasteiger partial charge on any atom is 0.255 e. The third kappa shape index (κ3) is 2.97. The second-order valence-electron chi connectivity index (χ2n) is 6.02. The Balaban J connectivity index is 1.95. The zero-order valence-electron chi connectivity index (χ0n) is 13.0. The Kier molecular flexibility index (Phi) is 4.38. The van der Waals surface area contributed by atoms with Gasteiger partial charge in [-0.1, -0.05) is 6.08 Å². The van der Waals surface area contributed by atoms with Crippen LogP contribution in [0.3, 0.4) is 0 Å². The number of anilines is 1. The van der Waals surface area contributed by atoms with Gasteiger partial charge < -0.3 is 10.2 Å². The lowest BCUT2D eigenvalue weighted by molar-refractivity contribution is 0.0957. The molecule has 22 heavy (non-hydrogen) atoms. The van der Waals surface area contributed by atoms with E-state index in [1.54, 1.807) is 0 Å². The molecule has 0 radical (unpaired) electrons. The lowest BCUT2D eigenvalue weighted by Crippen LogP contribution is -2.54. The molecule has 0 amide bonds. The Hall–Kier alpha value is -1.56. The van der Waals surface area contributed by atoms with Crippen molar-refractivity contribution < 1.29 is 8.78 Å². The smallest absolute Gasteiger partial charge is 0.255 e. The fourth-order valence-electron chi connectivity index (χ4n) is 3.16. The van der Waals surface area contributed by atoms with E-state index in [0.29, 0.717) is 19.0 Å². The van der Waals surface area contributed by atoms with Gasteiger partial charge in [0, 0.05) is 25.2 Å². The van der Waals surface area contributed by atoms with Gasteiger partial charge in [0.2, 0.25) is 0 Å². The summed E-state index contributed by atoms with van der Waals surface area (Å²) < 4.78 is 26.0. The summed E-state index contributed by atoms with van der Waals surface area (Å²) in [4.78, 5) is 10.7. The Morgan fingerprint density at radius 2 is 2.18 bits per heavy atom. The average Bonchev–Trinajstić information content (AvgIpc) is 3.34. The molecular formula is C16H22F2N4. The molecule has 1 saturated carbocycles. The van der Waals surface area contributed by atoms with E-state index >= 15 is 0 Å². The van der Waals surface area contributed by atoms with E-state index in [1.807, 2.05) is 18.7 Å². The van der Waals surface area contributed by atoms with Crippen molar-refractivity contribution in [3.05, 3.63) is 23.7 Å². The Bertz CT molecular complexity index is 569. The second kappa shape index (κ2) is 6.28. The molecule has 1 aliphatic heterocycles. The highest BCUT2D eigenvalue weighted by Crippen LogP contribution is 2.44. The van der Waals surface area contributed by atoms with Crippen molar-refractivity contribution in [2.45, 2.75) is 39.2 Å². The minimum atomic E-state index is -2.36. The van der Waals surface area contributed by atoms with Crippen molar-refractivity contribution in [2.75, 3.05) is 24.5 Å². The fraction of sp³-hybridized carbons (Fsp3) is 0.625. The first-order valence-corrected chi connectivity index (χ1v) is 7.86. The van der Waals surface area contributed by atoms with Crippen LogP contribution in [0.1, 0.15) is 31.0 Å². The van der Waals surface area contributed by atoms with Crippen molar-refractivity contribution in [1.29, 1.82) is 0 Å². The highest BCUT2D eigenvalue weighted by atomic mass is 19.3. The maximum absolute atomic E-state index is 13.0. The van der Waals surface area contributed by atoms with E-state index in [0.717, 1.165) is 17.1 Å². The van der Waals surface area contributed by atoms with Gasteiger partial charge in [0.25, 0.3) is 6.43 Å². The van der Waals surface area contributed by atoms with Crippen LogP contribution in [0.15, 0.2) is 12.4 Å². The van der Waals surface area contributed by atoms with Crippen LogP contribution in [-0.2, 0) is 0 Å². The molecule has 3 rings (SSSR count). The molecule has 1 saturated heterocycles. The second-order valence-corrected chi connectivity index (χ2v) is 6.02. The van der Waals surface area contributed by atoms with E-state index in [-0.39, 0.29) is 6.54 Å². The summed E-state index contributed by atoms with van der Waals surface area (Å²) in [7, 11) is 0. The molecule has 120 valence electrons. The molecule has 6 heteroatoms. The van der Waals surface area contributed by atoms with Gasteiger partial charge in [-0.3, -0.25) is 0 Å². The van der Waals surface area contributed by atoms with Crippen molar-refractivity contribution >= 4 is 11.4 Å². The molecule has 1 aromatic rings. The number of aromatic nitrogens is 2. The SMILES string of the molecule is C/C=C(\c1c(C)ncnc1N1CCNC(C(F)F)C1)C1CC1. The zero-order valence-corrected chi connectivity index (χ0v) is 13.0. The molecule has 0 spiro atoms. The van der Waals surface area contributed by atoms with E-state index in [2.05, 4.69) is 21.4 Å². The third-order valence-corrected chi connectivity index (χ3v) is 4.44. The highest BCUT2D eigenvalue weighted by Gasteiger charge is 2.33. The number of hydrogen-bond donors (Lipinski definition) is 1. The molecule has 1 unspecified atom stereocenters. The van der Waals surface area contributed by atoms with Crippen molar-refractivity contribution in [2.24, 2.45) is 5.92 Å². The molecule has 1 atom stereocenters. The van der Waals surface area contributed by atoms with Crippen LogP contribution in [0.5, 0.6) is 0 Å². The third-order valence-electron chi connectivity index (χ3n) is 4.44. The number of piperazine rings is 1. The van der Waals surface area contributed by atoms with E-state index in [1.165, 1.54) is 24.7 Å². The maximum atomic E-state index is 13.0. The molecule has 1 N–H and O–H groups in total. The summed E-state index contributed by atoms with van der Waals surface area (Å²) in [5, 5.41) is 2.88. The average molecular weight is 308 g/mol. The summed E-state index contributed by atoms with van der Waals surface area (Å²) in [6.07, 6.45) is 3.68. The minimum Gasteiger partial charge on any atom is -0.353 e.